The normalized spacial score (nSPS) is 44.8. The van der Waals surface area contributed by atoms with Gasteiger partial charge < -0.3 is 5.11 Å². The highest BCUT2D eigenvalue weighted by Gasteiger charge is 2.58. The van der Waals surface area contributed by atoms with E-state index in [-0.39, 0.29) is 6.10 Å². The molecule has 0 radical (unpaired) electrons. The Morgan fingerprint density at radius 2 is 1.93 bits per heavy atom. The van der Waals surface area contributed by atoms with Crippen LogP contribution in [0.3, 0.4) is 0 Å². The maximum Gasteiger partial charge on any atom is 0.0577 e. The van der Waals surface area contributed by atoms with Crippen molar-refractivity contribution in [3.63, 3.8) is 0 Å². The van der Waals surface area contributed by atoms with Gasteiger partial charge in [-0.25, -0.2) is 0 Å². The highest BCUT2D eigenvalue weighted by atomic mass is 16.3. The molecule has 4 rings (SSSR count). The molecule has 1 nitrogen and oxygen atoms in total. The third-order valence-electron chi connectivity index (χ3n) is 9.59. The van der Waals surface area contributed by atoms with E-state index in [1.807, 2.05) is 0 Å². The largest absolute Gasteiger partial charge is 0.393 e. The Morgan fingerprint density at radius 1 is 1.14 bits per heavy atom. The van der Waals surface area contributed by atoms with Crippen molar-refractivity contribution in [2.75, 3.05) is 0 Å². The molecule has 0 aromatic heterocycles. The van der Waals surface area contributed by atoms with Crippen molar-refractivity contribution >= 4 is 0 Å². The molecule has 1 heteroatoms. The maximum absolute atomic E-state index is 10.2. The molecule has 4 aliphatic carbocycles. The fraction of sp³-hybridized carbons (Fsp3) is 0.778. The molecule has 28 heavy (non-hydrogen) atoms. The highest BCUT2D eigenvalue weighted by molar-refractivity contribution is 5.26. The van der Waals surface area contributed by atoms with E-state index in [0.29, 0.717) is 10.8 Å². The summed E-state index contributed by atoms with van der Waals surface area (Å²) in [5, 5.41) is 10.2. The summed E-state index contributed by atoms with van der Waals surface area (Å²) >= 11 is 0. The lowest BCUT2D eigenvalue weighted by atomic mass is 9.47. The van der Waals surface area contributed by atoms with E-state index in [0.717, 1.165) is 42.9 Å². The van der Waals surface area contributed by atoms with Crippen molar-refractivity contribution in [2.45, 2.75) is 98.0 Å². The summed E-state index contributed by atoms with van der Waals surface area (Å²) in [5.74, 6) is 3.31. The molecule has 0 spiro atoms. The highest BCUT2D eigenvalue weighted by Crippen LogP contribution is 2.67. The summed E-state index contributed by atoms with van der Waals surface area (Å²) in [4.78, 5) is 0. The third kappa shape index (κ3) is 3.26. The molecule has 0 aliphatic heterocycles. The molecular weight excluding hydrogens is 340 g/mol. The van der Waals surface area contributed by atoms with Crippen LogP contribution in [0.5, 0.6) is 0 Å². The second-order valence-corrected chi connectivity index (χ2v) is 11.3. The Morgan fingerprint density at radius 3 is 2.68 bits per heavy atom. The van der Waals surface area contributed by atoms with E-state index in [2.05, 4.69) is 46.4 Å². The lowest BCUT2D eigenvalue weighted by molar-refractivity contribution is -0.0456. The van der Waals surface area contributed by atoms with E-state index in [1.54, 1.807) is 5.57 Å². The van der Waals surface area contributed by atoms with Gasteiger partial charge in [-0.1, -0.05) is 49.3 Å². The Balaban J connectivity index is 1.52. The zero-order chi connectivity index (χ0) is 20.1. The van der Waals surface area contributed by atoms with Gasteiger partial charge in [0.05, 0.1) is 6.10 Å². The van der Waals surface area contributed by atoms with Gasteiger partial charge in [-0.2, -0.15) is 0 Å². The smallest absolute Gasteiger partial charge is 0.0577 e. The van der Waals surface area contributed by atoms with E-state index < -0.39 is 0 Å². The van der Waals surface area contributed by atoms with Gasteiger partial charge in [0.1, 0.15) is 0 Å². The lowest BCUT2D eigenvalue weighted by Gasteiger charge is -2.58. The van der Waals surface area contributed by atoms with E-state index in [9.17, 15) is 5.11 Å². The molecule has 1 N–H and O–H groups in total. The molecule has 0 unspecified atom stereocenters. The number of aliphatic hydroxyl groups excluding tert-OH is 1. The van der Waals surface area contributed by atoms with E-state index in [4.69, 9.17) is 0 Å². The van der Waals surface area contributed by atoms with Gasteiger partial charge in [0.15, 0.2) is 0 Å². The van der Waals surface area contributed by atoms with Gasteiger partial charge in [-0.15, -0.1) is 0 Å². The molecule has 0 heterocycles. The van der Waals surface area contributed by atoms with Crippen LogP contribution in [0.15, 0.2) is 35.5 Å². The average Bonchev–Trinajstić information content (AvgIpc) is 2.99. The van der Waals surface area contributed by atoms with Crippen molar-refractivity contribution < 1.29 is 5.11 Å². The van der Waals surface area contributed by atoms with Crippen LogP contribution in [0.2, 0.25) is 0 Å². The van der Waals surface area contributed by atoms with Crippen molar-refractivity contribution in [2.24, 2.45) is 34.5 Å². The number of rotatable bonds is 4. The minimum atomic E-state index is -0.0928. The summed E-state index contributed by atoms with van der Waals surface area (Å²) in [6.45, 7) is 14.1. The van der Waals surface area contributed by atoms with Gasteiger partial charge in [-0.3, -0.25) is 0 Å². The summed E-state index contributed by atoms with van der Waals surface area (Å²) in [7, 11) is 0. The predicted octanol–water partition coefficient (Wildman–Crippen LogP) is 7.23. The van der Waals surface area contributed by atoms with Crippen LogP contribution in [-0.4, -0.2) is 11.2 Å². The van der Waals surface area contributed by atoms with Crippen molar-refractivity contribution in [1.29, 1.82) is 0 Å². The second kappa shape index (κ2) is 7.46. The minimum Gasteiger partial charge on any atom is -0.393 e. The van der Waals surface area contributed by atoms with Gasteiger partial charge in [0.25, 0.3) is 0 Å². The van der Waals surface area contributed by atoms with Crippen LogP contribution in [-0.2, 0) is 0 Å². The van der Waals surface area contributed by atoms with Crippen LogP contribution in [0, 0.1) is 34.5 Å². The van der Waals surface area contributed by atoms with E-state index in [1.165, 1.54) is 56.1 Å². The minimum absolute atomic E-state index is 0.0928. The zero-order valence-electron chi connectivity index (χ0n) is 18.8. The number of fused-ring (bicyclic) bond motifs is 5. The molecular formula is C27H42O. The topological polar surface area (TPSA) is 20.2 Å². The van der Waals surface area contributed by atoms with Crippen LogP contribution < -0.4 is 0 Å². The Bertz CT molecular complexity index is 680. The lowest BCUT2D eigenvalue weighted by Crippen LogP contribution is -2.50. The molecule has 7 atom stereocenters. The summed E-state index contributed by atoms with van der Waals surface area (Å²) in [5.41, 5.74) is 5.39. The van der Waals surface area contributed by atoms with Crippen LogP contribution in [0.1, 0.15) is 91.9 Å². The summed E-state index contributed by atoms with van der Waals surface area (Å²) in [6, 6.07) is 0. The van der Waals surface area contributed by atoms with Gasteiger partial charge in [0.2, 0.25) is 0 Å². The van der Waals surface area contributed by atoms with Crippen molar-refractivity contribution in [1.82, 2.24) is 0 Å². The molecule has 0 amide bonds. The number of aliphatic hydroxyl groups is 1. The molecule has 0 bridgehead atoms. The molecule has 4 aliphatic rings. The maximum atomic E-state index is 10.2. The third-order valence-corrected chi connectivity index (χ3v) is 9.59. The monoisotopic (exact) mass is 382 g/mol. The quantitative estimate of drug-likeness (QED) is 0.508. The number of hydrogen-bond acceptors (Lipinski definition) is 1. The molecule has 0 aromatic carbocycles. The van der Waals surface area contributed by atoms with Crippen LogP contribution >= 0.6 is 0 Å². The van der Waals surface area contributed by atoms with Crippen LogP contribution in [0.25, 0.3) is 0 Å². The fourth-order valence-corrected chi connectivity index (χ4v) is 8.03. The Kier molecular flexibility index (Phi) is 5.45. The first-order valence-electron chi connectivity index (χ1n) is 11.9. The molecule has 0 saturated heterocycles. The molecule has 3 saturated carbocycles. The average molecular weight is 383 g/mol. The first-order chi connectivity index (χ1) is 13.3. The summed E-state index contributed by atoms with van der Waals surface area (Å²) in [6.07, 6.45) is 17.1. The predicted molar refractivity (Wildman–Crippen MR) is 119 cm³/mol. The van der Waals surface area contributed by atoms with Gasteiger partial charge in [0, 0.05) is 0 Å². The molecule has 0 aromatic rings. The fourth-order valence-electron chi connectivity index (χ4n) is 8.03. The number of allylic oxidation sites excluding steroid dienone is 4. The van der Waals surface area contributed by atoms with E-state index >= 15 is 0 Å². The molecule has 3 fully saturated rings. The summed E-state index contributed by atoms with van der Waals surface area (Å²) < 4.78 is 0. The first-order valence-corrected chi connectivity index (χ1v) is 11.9. The first kappa shape index (κ1) is 20.5. The Labute approximate surface area is 173 Å². The zero-order valence-corrected chi connectivity index (χ0v) is 18.8. The Hall–Kier alpha value is -0.820. The second-order valence-electron chi connectivity index (χ2n) is 11.3. The van der Waals surface area contributed by atoms with Crippen LogP contribution in [0.4, 0.5) is 0 Å². The van der Waals surface area contributed by atoms with Gasteiger partial charge >= 0.3 is 0 Å². The van der Waals surface area contributed by atoms with Gasteiger partial charge in [-0.05, 0) is 113 Å². The van der Waals surface area contributed by atoms with Crippen molar-refractivity contribution in [3.8, 4) is 0 Å². The molecule has 156 valence electrons. The van der Waals surface area contributed by atoms with Crippen molar-refractivity contribution in [3.05, 3.63) is 35.5 Å². The standard InChI is InChI=1S/C27H42O/c1-18(2)7-6-8-19(3)23-11-12-24-22-10-9-20-17-21(28)13-15-26(20,4)25(22)14-16-27(23,24)5/h7,9,21-25,28H,3,6,8,10-17H2,1-2,4-5H3/t21-,22-,23+,24-,25-,26-,27+/m0/s1. The SMILES string of the molecule is C=C(CCC=C(C)C)[C@H]1CC[C@H]2[C@@H]3CC=C4C[C@@H](O)CC[C@]4(C)[C@H]3CC[C@]12C. The number of hydrogen-bond donors (Lipinski definition) is 1.